The Balaban J connectivity index is 1.26. The lowest BCUT2D eigenvalue weighted by atomic mass is 10.2. The molecule has 3 aromatic rings. The van der Waals surface area contributed by atoms with Crippen molar-refractivity contribution in [3.63, 3.8) is 0 Å². The van der Waals surface area contributed by atoms with E-state index in [9.17, 15) is 4.79 Å². The molecule has 4 heterocycles. The first-order valence-corrected chi connectivity index (χ1v) is 9.37. The highest BCUT2D eigenvalue weighted by Gasteiger charge is 2.32. The number of anilines is 1. The van der Waals surface area contributed by atoms with Gasteiger partial charge in [-0.1, -0.05) is 12.1 Å². The van der Waals surface area contributed by atoms with Crippen LogP contribution in [0.15, 0.2) is 42.7 Å². The number of carbonyl (C=O) groups is 1. The number of ether oxygens (including phenoxy) is 2. The minimum Gasteiger partial charge on any atom is -0.485 e. The zero-order chi connectivity index (χ0) is 18.9. The summed E-state index contributed by atoms with van der Waals surface area (Å²) >= 11 is 0. The topological polar surface area (TPSA) is 85.1 Å². The fraction of sp³-hybridized carbons (Fsp3) is 0.368. The van der Waals surface area contributed by atoms with Gasteiger partial charge in [-0.3, -0.25) is 4.79 Å². The van der Waals surface area contributed by atoms with Crippen molar-refractivity contribution in [2.45, 2.75) is 12.5 Å². The second kappa shape index (κ2) is 6.99. The highest BCUT2D eigenvalue weighted by Crippen LogP contribution is 2.31. The van der Waals surface area contributed by atoms with Gasteiger partial charge >= 0.3 is 0 Å². The maximum absolute atomic E-state index is 13.0. The van der Waals surface area contributed by atoms with Crippen LogP contribution in [-0.4, -0.2) is 69.5 Å². The number of nitrogens with zero attached hydrogens (tertiary/aromatic N) is 6. The summed E-state index contributed by atoms with van der Waals surface area (Å²) < 4.78 is 13.2. The summed E-state index contributed by atoms with van der Waals surface area (Å²) in [5.74, 6) is 2.13. The summed E-state index contributed by atoms with van der Waals surface area (Å²) in [5.41, 5.74) is 0.713. The number of fused-ring (bicyclic) bond motifs is 2. The monoisotopic (exact) mass is 380 g/mol. The molecule has 1 unspecified atom stereocenters. The molecule has 144 valence electrons. The molecule has 9 nitrogen and oxygen atoms in total. The van der Waals surface area contributed by atoms with Gasteiger partial charge in [0.15, 0.2) is 17.1 Å². The van der Waals surface area contributed by atoms with Gasteiger partial charge < -0.3 is 19.3 Å². The first-order chi connectivity index (χ1) is 13.8. The van der Waals surface area contributed by atoms with Gasteiger partial charge in [0, 0.05) is 26.2 Å². The van der Waals surface area contributed by atoms with E-state index in [1.54, 1.807) is 10.8 Å². The molecule has 2 aromatic heterocycles. The SMILES string of the molecule is O=C(C1COc2ccccc2O1)N1CCCN(c2ccc3nncn3n2)CC1. The standard InChI is InChI=1S/C19H20N6O3/c26-19(16-12-27-14-4-1-2-5-15(14)28-16)24-9-3-8-23(10-11-24)18-7-6-17-21-20-13-25(17)22-18/h1-2,4-7,13,16H,3,8-12H2. The number of hydrogen-bond donors (Lipinski definition) is 0. The van der Waals surface area contributed by atoms with Gasteiger partial charge in [0.25, 0.3) is 5.91 Å². The Labute approximate surface area is 161 Å². The smallest absolute Gasteiger partial charge is 0.267 e. The molecule has 0 spiro atoms. The molecule has 1 aromatic carbocycles. The van der Waals surface area contributed by atoms with Gasteiger partial charge in [-0.25, -0.2) is 0 Å². The van der Waals surface area contributed by atoms with Crippen molar-refractivity contribution in [3.8, 4) is 11.5 Å². The Hall–Kier alpha value is -3.36. The normalized spacial score (nSPS) is 19.5. The third-order valence-electron chi connectivity index (χ3n) is 5.06. The molecule has 0 saturated carbocycles. The van der Waals surface area contributed by atoms with Gasteiger partial charge in [0.2, 0.25) is 6.10 Å². The quantitative estimate of drug-likeness (QED) is 0.656. The molecule has 1 fully saturated rings. The predicted molar refractivity (Wildman–Crippen MR) is 101 cm³/mol. The highest BCUT2D eigenvalue weighted by atomic mass is 16.6. The first-order valence-electron chi connectivity index (χ1n) is 9.37. The van der Waals surface area contributed by atoms with Crippen molar-refractivity contribution < 1.29 is 14.3 Å². The van der Waals surface area contributed by atoms with Crippen LogP contribution in [0.3, 0.4) is 0 Å². The summed E-state index contributed by atoms with van der Waals surface area (Å²) in [4.78, 5) is 17.0. The van der Waals surface area contributed by atoms with E-state index < -0.39 is 6.10 Å². The second-order valence-corrected chi connectivity index (χ2v) is 6.86. The molecule has 0 bridgehead atoms. The van der Waals surface area contributed by atoms with Gasteiger partial charge in [0.1, 0.15) is 18.8 Å². The lowest BCUT2D eigenvalue weighted by molar-refractivity contribution is -0.141. The Morgan fingerprint density at radius 2 is 1.93 bits per heavy atom. The van der Waals surface area contributed by atoms with Crippen LogP contribution in [0.25, 0.3) is 5.65 Å². The maximum Gasteiger partial charge on any atom is 0.267 e. The van der Waals surface area contributed by atoms with E-state index in [0.29, 0.717) is 36.8 Å². The number of benzene rings is 1. The number of hydrogen-bond acceptors (Lipinski definition) is 7. The molecule has 1 amide bonds. The fourth-order valence-electron chi connectivity index (χ4n) is 3.60. The Bertz CT molecular complexity index is 1010. The van der Waals surface area contributed by atoms with E-state index in [0.717, 1.165) is 18.8 Å². The summed E-state index contributed by atoms with van der Waals surface area (Å²) in [5, 5.41) is 12.4. The highest BCUT2D eigenvalue weighted by molar-refractivity contribution is 5.82. The molecular weight excluding hydrogens is 360 g/mol. The number of aromatic nitrogens is 4. The van der Waals surface area contributed by atoms with Crippen LogP contribution in [0, 0.1) is 0 Å². The molecule has 9 heteroatoms. The van der Waals surface area contributed by atoms with E-state index in [-0.39, 0.29) is 12.5 Å². The molecule has 28 heavy (non-hydrogen) atoms. The van der Waals surface area contributed by atoms with Crippen molar-refractivity contribution in [2.75, 3.05) is 37.7 Å². The molecule has 1 saturated heterocycles. The van der Waals surface area contributed by atoms with Crippen molar-refractivity contribution >= 4 is 17.4 Å². The minimum absolute atomic E-state index is 0.0291. The third-order valence-corrected chi connectivity index (χ3v) is 5.06. The zero-order valence-corrected chi connectivity index (χ0v) is 15.3. The fourth-order valence-corrected chi connectivity index (χ4v) is 3.60. The van der Waals surface area contributed by atoms with Gasteiger partial charge in [0.05, 0.1) is 0 Å². The number of carbonyl (C=O) groups excluding carboxylic acids is 1. The van der Waals surface area contributed by atoms with Crippen LogP contribution < -0.4 is 14.4 Å². The molecule has 2 aliphatic heterocycles. The van der Waals surface area contributed by atoms with E-state index in [1.165, 1.54) is 0 Å². The lowest BCUT2D eigenvalue weighted by Crippen LogP contribution is -2.47. The Morgan fingerprint density at radius 1 is 1.04 bits per heavy atom. The molecular formula is C19H20N6O3. The van der Waals surface area contributed by atoms with Crippen molar-refractivity contribution in [2.24, 2.45) is 0 Å². The van der Waals surface area contributed by atoms with Crippen LogP contribution in [0.5, 0.6) is 11.5 Å². The van der Waals surface area contributed by atoms with Crippen LogP contribution in [0.4, 0.5) is 5.82 Å². The first kappa shape index (κ1) is 16.8. The summed E-state index contributed by atoms with van der Waals surface area (Å²) in [6, 6.07) is 11.3. The predicted octanol–water partition coefficient (Wildman–Crippen LogP) is 1.00. The lowest BCUT2D eigenvalue weighted by Gasteiger charge is -2.30. The van der Waals surface area contributed by atoms with E-state index >= 15 is 0 Å². The molecule has 0 N–H and O–H groups in total. The van der Waals surface area contributed by atoms with Gasteiger partial charge in [-0.15, -0.1) is 15.3 Å². The van der Waals surface area contributed by atoms with Gasteiger partial charge in [-0.05, 0) is 30.7 Å². The van der Waals surface area contributed by atoms with E-state index in [1.807, 2.05) is 41.3 Å². The van der Waals surface area contributed by atoms with Crippen molar-refractivity contribution in [3.05, 3.63) is 42.7 Å². The second-order valence-electron chi connectivity index (χ2n) is 6.86. The molecule has 1 atom stereocenters. The molecule has 2 aliphatic rings. The van der Waals surface area contributed by atoms with E-state index in [2.05, 4.69) is 20.2 Å². The van der Waals surface area contributed by atoms with Crippen LogP contribution in [0.2, 0.25) is 0 Å². The Morgan fingerprint density at radius 3 is 2.86 bits per heavy atom. The van der Waals surface area contributed by atoms with Gasteiger partial charge in [-0.2, -0.15) is 4.52 Å². The van der Waals surface area contributed by atoms with Crippen LogP contribution in [-0.2, 0) is 4.79 Å². The summed E-state index contributed by atoms with van der Waals surface area (Å²) in [7, 11) is 0. The number of para-hydroxylation sites is 2. The van der Waals surface area contributed by atoms with Crippen molar-refractivity contribution in [1.29, 1.82) is 0 Å². The molecule has 5 rings (SSSR count). The third kappa shape index (κ3) is 3.08. The Kier molecular flexibility index (Phi) is 4.19. The largest absolute Gasteiger partial charge is 0.485 e. The number of rotatable bonds is 2. The molecule has 0 aliphatic carbocycles. The number of amides is 1. The maximum atomic E-state index is 13.0. The van der Waals surface area contributed by atoms with Crippen LogP contribution >= 0.6 is 0 Å². The minimum atomic E-state index is -0.604. The average Bonchev–Trinajstić information content (AvgIpc) is 3.07. The average molecular weight is 380 g/mol. The molecule has 0 radical (unpaired) electrons. The zero-order valence-electron chi connectivity index (χ0n) is 15.3. The summed E-state index contributed by atoms with van der Waals surface area (Å²) in [6.45, 7) is 3.07. The van der Waals surface area contributed by atoms with Crippen LogP contribution in [0.1, 0.15) is 6.42 Å². The van der Waals surface area contributed by atoms with Crippen molar-refractivity contribution in [1.82, 2.24) is 24.7 Å². The van der Waals surface area contributed by atoms with E-state index in [4.69, 9.17) is 9.47 Å². The summed E-state index contributed by atoms with van der Waals surface area (Å²) in [6.07, 6.45) is 1.84.